The third kappa shape index (κ3) is 1.39. The molecule has 2 rings (SSSR count). The molecule has 0 unspecified atom stereocenters. The number of nitrogens with zero attached hydrogens (tertiary/aromatic N) is 3. The lowest BCUT2D eigenvalue weighted by atomic mass is 10.1. The van der Waals surface area contributed by atoms with Crippen molar-refractivity contribution < 1.29 is 9.90 Å². The molecule has 14 heavy (non-hydrogen) atoms. The van der Waals surface area contributed by atoms with Gasteiger partial charge in [0, 0.05) is 29.8 Å². The maximum absolute atomic E-state index is 10.8. The summed E-state index contributed by atoms with van der Waals surface area (Å²) in [6, 6.07) is 0. The lowest BCUT2D eigenvalue weighted by Crippen LogP contribution is -1.97. The van der Waals surface area contributed by atoms with Crippen molar-refractivity contribution in [3.8, 4) is 11.1 Å². The van der Waals surface area contributed by atoms with Gasteiger partial charge in [0.1, 0.15) is 0 Å². The Balaban J connectivity index is 2.51. The molecule has 2 aromatic rings. The van der Waals surface area contributed by atoms with Crippen molar-refractivity contribution in [3.05, 3.63) is 23.5 Å². The van der Waals surface area contributed by atoms with Crippen LogP contribution in [0.15, 0.2) is 17.8 Å². The molecule has 0 radical (unpaired) electrons. The van der Waals surface area contributed by atoms with Crippen molar-refractivity contribution >= 4 is 17.5 Å². The number of aromatic nitrogens is 3. The topological polar surface area (TPSA) is 68.0 Å². The summed E-state index contributed by atoms with van der Waals surface area (Å²) in [4.78, 5) is 10.8. The van der Waals surface area contributed by atoms with E-state index in [1.165, 1.54) is 0 Å². The average Bonchev–Trinajstić information content (AvgIpc) is 2.70. The van der Waals surface area contributed by atoms with Gasteiger partial charge in [0.25, 0.3) is 0 Å². The van der Waals surface area contributed by atoms with Gasteiger partial charge in [-0.25, -0.2) is 4.79 Å². The van der Waals surface area contributed by atoms with Gasteiger partial charge in [0.05, 0.1) is 6.20 Å². The van der Waals surface area contributed by atoms with E-state index in [2.05, 4.69) is 9.47 Å². The fraction of sp³-hybridized carbons (Fsp3) is 0.125. The van der Waals surface area contributed by atoms with E-state index in [0.29, 0.717) is 5.56 Å². The maximum atomic E-state index is 10.8. The summed E-state index contributed by atoms with van der Waals surface area (Å²) in [6.45, 7) is 0. The first-order valence-electron chi connectivity index (χ1n) is 3.85. The molecule has 2 aromatic heterocycles. The molecule has 0 aromatic carbocycles. The van der Waals surface area contributed by atoms with Gasteiger partial charge in [0.2, 0.25) is 0 Å². The minimum absolute atomic E-state index is 0.0861. The van der Waals surface area contributed by atoms with E-state index in [1.807, 2.05) is 0 Å². The summed E-state index contributed by atoms with van der Waals surface area (Å²) in [5.41, 5.74) is 1.48. The fourth-order valence-corrected chi connectivity index (χ4v) is 1.84. The molecule has 5 nitrogen and oxygen atoms in total. The molecule has 72 valence electrons. The van der Waals surface area contributed by atoms with Crippen molar-refractivity contribution in [1.29, 1.82) is 0 Å². The summed E-state index contributed by atoms with van der Waals surface area (Å²) in [7, 11) is 1.78. The highest BCUT2D eigenvalue weighted by Crippen LogP contribution is 2.24. The number of aromatic carboxylic acids is 1. The van der Waals surface area contributed by atoms with Crippen molar-refractivity contribution in [2.24, 2.45) is 7.05 Å². The number of hydrogen-bond acceptors (Lipinski definition) is 4. The van der Waals surface area contributed by atoms with E-state index < -0.39 is 5.97 Å². The third-order valence-electron chi connectivity index (χ3n) is 1.79. The van der Waals surface area contributed by atoms with E-state index in [-0.39, 0.29) is 5.69 Å². The van der Waals surface area contributed by atoms with E-state index in [1.54, 1.807) is 29.5 Å². The number of hydrogen-bond donors (Lipinski definition) is 1. The van der Waals surface area contributed by atoms with Gasteiger partial charge in [-0.05, 0) is 11.5 Å². The number of rotatable bonds is 2. The summed E-state index contributed by atoms with van der Waals surface area (Å²) >= 11 is 1.13. The highest BCUT2D eigenvalue weighted by molar-refractivity contribution is 7.04. The first-order valence-corrected chi connectivity index (χ1v) is 4.69. The zero-order chi connectivity index (χ0) is 10.1. The Morgan fingerprint density at radius 2 is 2.43 bits per heavy atom. The number of carboxylic acid groups (broad SMARTS) is 1. The van der Waals surface area contributed by atoms with Crippen LogP contribution in [-0.4, -0.2) is 25.2 Å². The van der Waals surface area contributed by atoms with Crippen molar-refractivity contribution in [1.82, 2.24) is 14.2 Å². The highest BCUT2D eigenvalue weighted by atomic mass is 32.1. The van der Waals surface area contributed by atoms with Crippen LogP contribution < -0.4 is 0 Å². The van der Waals surface area contributed by atoms with Gasteiger partial charge in [-0.1, -0.05) is 0 Å². The molecule has 6 heteroatoms. The molecule has 0 aliphatic carbocycles. The fourth-order valence-electron chi connectivity index (χ4n) is 1.16. The Hall–Kier alpha value is -1.69. The van der Waals surface area contributed by atoms with Crippen molar-refractivity contribution in [2.75, 3.05) is 0 Å². The SMILES string of the molecule is Cn1cc(-c2csnc2C(=O)O)cn1. The Labute approximate surface area is 83.8 Å². The van der Waals surface area contributed by atoms with E-state index in [4.69, 9.17) is 5.11 Å². The zero-order valence-corrected chi connectivity index (χ0v) is 8.15. The van der Waals surface area contributed by atoms with Crippen molar-refractivity contribution in [2.45, 2.75) is 0 Å². The minimum atomic E-state index is -1.01. The van der Waals surface area contributed by atoms with Crippen LogP contribution in [0, 0.1) is 0 Å². The summed E-state index contributed by atoms with van der Waals surface area (Å²) in [6.07, 6.45) is 3.38. The summed E-state index contributed by atoms with van der Waals surface area (Å²) in [5.74, 6) is -1.01. The Morgan fingerprint density at radius 1 is 1.64 bits per heavy atom. The largest absolute Gasteiger partial charge is 0.476 e. The van der Waals surface area contributed by atoms with Gasteiger partial charge in [0.15, 0.2) is 5.69 Å². The van der Waals surface area contributed by atoms with Crippen molar-refractivity contribution in [3.63, 3.8) is 0 Å². The number of carbonyl (C=O) groups is 1. The molecule has 0 bridgehead atoms. The lowest BCUT2D eigenvalue weighted by Gasteiger charge is -1.92. The van der Waals surface area contributed by atoms with Gasteiger partial charge >= 0.3 is 5.97 Å². The zero-order valence-electron chi connectivity index (χ0n) is 7.34. The van der Waals surface area contributed by atoms with Crippen LogP contribution >= 0.6 is 11.5 Å². The molecule has 0 aliphatic heterocycles. The second-order valence-corrected chi connectivity index (χ2v) is 3.41. The summed E-state index contributed by atoms with van der Waals surface area (Å²) < 4.78 is 5.43. The predicted octanol–water partition coefficient (Wildman–Crippen LogP) is 1.24. The van der Waals surface area contributed by atoms with Crippen LogP contribution in [0.5, 0.6) is 0 Å². The number of carboxylic acids is 1. The Morgan fingerprint density at radius 3 is 3.00 bits per heavy atom. The molecular weight excluding hydrogens is 202 g/mol. The van der Waals surface area contributed by atoms with Gasteiger partial charge < -0.3 is 5.11 Å². The third-order valence-corrected chi connectivity index (χ3v) is 2.42. The van der Waals surface area contributed by atoms with Crippen LogP contribution in [0.3, 0.4) is 0 Å². The quantitative estimate of drug-likeness (QED) is 0.808. The lowest BCUT2D eigenvalue weighted by molar-refractivity contribution is 0.0693. The second kappa shape index (κ2) is 3.22. The molecule has 0 saturated carbocycles. The maximum Gasteiger partial charge on any atom is 0.356 e. The van der Waals surface area contributed by atoms with E-state index >= 15 is 0 Å². The normalized spacial score (nSPS) is 10.4. The molecular formula is C8H7N3O2S. The predicted molar refractivity (Wildman–Crippen MR) is 51.3 cm³/mol. The molecule has 0 spiro atoms. The molecule has 2 heterocycles. The molecule has 0 fully saturated rings. The van der Waals surface area contributed by atoms with E-state index in [0.717, 1.165) is 17.1 Å². The Bertz CT molecular complexity index is 474. The minimum Gasteiger partial charge on any atom is -0.476 e. The smallest absolute Gasteiger partial charge is 0.356 e. The average molecular weight is 209 g/mol. The number of aryl methyl sites for hydroxylation is 1. The Kier molecular flexibility index (Phi) is 2.05. The van der Waals surface area contributed by atoms with Crippen LogP contribution in [0.2, 0.25) is 0 Å². The highest BCUT2D eigenvalue weighted by Gasteiger charge is 2.15. The van der Waals surface area contributed by atoms with Crippen LogP contribution in [0.25, 0.3) is 11.1 Å². The standard InChI is InChI=1S/C8H7N3O2S/c1-11-3-5(2-9-11)6-4-14-10-7(6)8(12)13/h2-4H,1H3,(H,12,13). The summed E-state index contributed by atoms with van der Waals surface area (Å²) in [5, 5.41) is 14.5. The first kappa shape index (κ1) is 8.89. The molecule has 0 saturated heterocycles. The van der Waals surface area contributed by atoms with Crippen LogP contribution in [-0.2, 0) is 7.05 Å². The van der Waals surface area contributed by atoms with Crippen LogP contribution in [0.1, 0.15) is 10.5 Å². The molecule has 1 N–H and O–H groups in total. The van der Waals surface area contributed by atoms with Crippen LogP contribution in [0.4, 0.5) is 0 Å². The molecule has 0 amide bonds. The molecule has 0 aliphatic rings. The monoisotopic (exact) mass is 209 g/mol. The second-order valence-electron chi connectivity index (χ2n) is 2.78. The molecule has 0 atom stereocenters. The van der Waals surface area contributed by atoms with E-state index in [9.17, 15) is 4.79 Å². The van der Waals surface area contributed by atoms with Gasteiger partial charge in [-0.15, -0.1) is 0 Å². The first-order chi connectivity index (χ1) is 6.68. The van der Waals surface area contributed by atoms with Gasteiger partial charge in [-0.3, -0.25) is 4.68 Å². The van der Waals surface area contributed by atoms with Gasteiger partial charge in [-0.2, -0.15) is 9.47 Å².